The predicted octanol–water partition coefficient (Wildman–Crippen LogP) is 2.07. The Morgan fingerprint density at radius 1 is 1.31 bits per heavy atom. The molecule has 84 valence electrons. The first-order chi connectivity index (χ1) is 7.81. The molecule has 0 saturated carbocycles. The van der Waals surface area contributed by atoms with E-state index in [4.69, 9.17) is 10.3 Å². The van der Waals surface area contributed by atoms with E-state index in [9.17, 15) is 0 Å². The molecule has 16 heavy (non-hydrogen) atoms. The van der Waals surface area contributed by atoms with Crippen molar-refractivity contribution >= 4 is 0 Å². The van der Waals surface area contributed by atoms with Crippen LogP contribution in [0.3, 0.4) is 0 Å². The van der Waals surface area contributed by atoms with Crippen LogP contribution in [0.15, 0.2) is 34.9 Å². The molecule has 1 aromatic heterocycles. The standard InChI is InChI=1S/C12H15N3O/c1-2-6-10-14-12(16-15-10)11(13)9-7-4-3-5-8-9/h3-5,7-8,11H,2,6,13H2,1H3/t11-/m1/s1. The van der Waals surface area contributed by atoms with Crippen LogP contribution in [0.4, 0.5) is 0 Å². The smallest absolute Gasteiger partial charge is 0.248 e. The largest absolute Gasteiger partial charge is 0.337 e. The van der Waals surface area contributed by atoms with Crippen LogP contribution < -0.4 is 5.73 Å². The van der Waals surface area contributed by atoms with Crippen molar-refractivity contribution in [3.8, 4) is 0 Å². The number of hydrogen-bond donors (Lipinski definition) is 1. The van der Waals surface area contributed by atoms with E-state index >= 15 is 0 Å². The molecule has 0 bridgehead atoms. The van der Waals surface area contributed by atoms with Gasteiger partial charge in [-0.05, 0) is 12.0 Å². The topological polar surface area (TPSA) is 64.9 Å². The van der Waals surface area contributed by atoms with Gasteiger partial charge in [-0.1, -0.05) is 42.4 Å². The average Bonchev–Trinajstić information content (AvgIpc) is 2.78. The summed E-state index contributed by atoms with van der Waals surface area (Å²) in [5.74, 6) is 1.21. The average molecular weight is 217 g/mol. The van der Waals surface area contributed by atoms with Crippen molar-refractivity contribution in [2.45, 2.75) is 25.8 Å². The quantitative estimate of drug-likeness (QED) is 0.851. The highest BCUT2D eigenvalue weighted by Crippen LogP contribution is 2.17. The lowest BCUT2D eigenvalue weighted by molar-refractivity contribution is 0.362. The lowest BCUT2D eigenvalue weighted by Crippen LogP contribution is -2.12. The molecule has 0 saturated heterocycles. The Hall–Kier alpha value is -1.68. The van der Waals surface area contributed by atoms with Gasteiger partial charge in [-0.3, -0.25) is 0 Å². The second-order valence-corrected chi connectivity index (χ2v) is 3.69. The molecule has 0 aliphatic carbocycles. The third kappa shape index (κ3) is 2.28. The van der Waals surface area contributed by atoms with Crippen molar-refractivity contribution < 1.29 is 4.52 Å². The van der Waals surface area contributed by atoms with Crippen LogP contribution in [-0.4, -0.2) is 10.1 Å². The normalized spacial score (nSPS) is 12.6. The van der Waals surface area contributed by atoms with E-state index in [0.29, 0.717) is 5.89 Å². The van der Waals surface area contributed by atoms with Gasteiger partial charge in [-0.15, -0.1) is 0 Å². The SMILES string of the molecule is CCCc1noc([C@H](N)c2ccccc2)n1. The Kier molecular flexibility index (Phi) is 3.31. The highest BCUT2D eigenvalue weighted by atomic mass is 16.5. The Balaban J connectivity index is 2.17. The third-order valence-electron chi connectivity index (χ3n) is 2.38. The minimum absolute atomic E-state index is 0.334. The van der Waals surface area contributed by atoms with Gasteiger partial charge in [0.05, 0.1) is 0 Å². The number of nitrogens with zero attached hydrogens (tertiary/aromatic N) is 2. The van der Waals surface area contributed by atoms with Crippen molar-refractivity contribution in [2.24, 2.45) is 5.73 Å². The monoisotopic (exact) mass is 217 g/mol. The van der Waals surface area contributed by atoms with Crippen LogP contribution in [0.5, 0.6) is 0 Å². The van der Waals surface area contributed by atoms with Gasteiger partial charge in [0.2, 0.25) is 5.89 Å². The molecule has 0 amide bonds. The number of hydrogen-bond acceptors (Lipinski definition) is 4. The van der Waals surface area contributed by atoms with E-state index in [1.165, 1.54) is 0 Å². The van der Waals surface area contributed by atoms with Gasteiger partial charge in [0.1, 0.15) is 6.04 Å². The zero-order valence-electron chi connectivity index (χ0n) is 9.26. The molecule has 0 spiro atoms. The van der Waals surface area contributed by atoms with Crippen molar-refractivity contribution in [1.82, 2.24) is 10.1 Å². The fourth-order valence-corrected chi connectivity index (χ4v) is 1.52. The Morgan fingerprint density at radius 3 is 2.75 bits per heavy atom. The van der Waals surface area contributed by atoms with Crippen LogP contribution >= 0.6 is 0 Å². The summed E-state index contributed by atoms with van der Waals surface area (Å²) in [5.41, 5.74) is 7.01. The van der Waals surface area contributed by atoms with Crippen molar-refractivity contribution in [2.75, 3.05) is 0 Å². The number of benzene rings is 1. The zero-order valence-corrected chi connectivity index (χ0v) is 9.26. The third-order valence-corrected chi connectivity index (χ3v) is 2.38. The van der Waals surface area contributed by atoms with E-state index in [2.05, 4.69) is 17.1 Å². The maximum Gasteiger partial charge on any atom is 0.248 e. The first-order valence-corrected chi connectivity index (χ1v) is 5.44. The molecule has 0 aliphatic heterocycles. The zero-order chi connectivity index (χ0) is 11.4. The highest BCUT2D eigenvalue weighted by molar-refractivity contribution is 5.22. The van der Waals surface area contributed by atoms with Crippen molar-refractivity contribution in [1.29, 1.82) is 0 Å². The van der Waals surface area contributed by atoms with Gasteiger partial charge in [-0.2, -0.15) is 4.98 Å². The minimum Gasteiger partial charge on any atom is -0.337 e. The number of aryl methyl sites for hydroxylation is 1. The van der Waals surface area contributed by atoms with Gasteiger partial charge in [0.15, 0.2) is 5.82 Å². The number of rotatable bonds is 4. The first-order valence-electron chi connectivity index (χ1n) is 5.44. The molecule has 2 N–H and O–H groups in total. The molecular formula is C12H15N3O. The molecule has 1 heterocycles. The summed E-state index contributed by atoms with van der Waals surface area (Å²) in [6.45, 7) is 2.08. The van der Waals surface area contributed by atoms with E-state index < -0.39 is 0 Å². The molecule has 2 rings (SSSR count). The fraction of sp³-hybridized carbons (Fsp3) is 0.333. The lowest BCUT2D eigenvalue weighted by Gasteiger charge is -2.05. The molecule has 4 nitrogen and oxygen atoms in total. The van der Waals surface area contributed by atoms with Crippen LogP contribution in [0.1, 0.15) is 36.7 Å². The van der Waals surface area contributed by atoms with E-state index in [0.717, 1.165) is 24.2 Å². The summed E-state index contributed by atoms with van der Waals surface area (Å²) in [6.07, 6.45) is 1.82. The van der Waals surface area contributed by atoms with Crippen molar-refractivity contribution in [3.63, 3.8) is 0 Å². The molecule has 2 aromatic rings. The van der Waals surface area contributed by atoms with Gasteiger partial charge in [-0.25, -0.2) is 0 Å². The molecule has 1 aromatic carbocycles. The summed E-state index contributed by atoms with van der Waals surface area (Å²) >= 11 is 0. The summed E-state index contributed by atoms with van der Waals surface area (Å²) in [6, 6.07) is 9.41. The van der Waals surface area contributed by atoms with Crippen molar-refractivity contribution in [3.05, 3.63) is 47.6 Å². The van der Waals surface area contributed by atoms with Crippen LogP contribution in [0.2, 0.25) is 0 Å². The Labute approximate surface area is 94.5 Å². The predicted molar refractivity (Wildman–Crippen MR) is 60.8 cm³/mol. The fourth-order valence-electron chi connectivity index (χ4n) is 1.52. The van der Waals surface area contributed by atoms with Gasteiger partial charge < -0.3 is 10.3 Å². The minimum atomic E-state index is -0.334. The Bertz CT molecular complexity index is 439. The maximum atomic E-state index is 6.03. The molecule has 4 heteroatoms. The molecular weight excluding hydrogens is 202 g/mol. The Morgan fingerprint density at radius 2 is 2.06 bits per heavy atom. The van der Waals surface area contributed by atoms with E-state index in [1.807, 2.05) is 30.3 Å². The summed E-state index contributed by atoms with van der Waals surface area (Å²) in [7, 11) is 0. The summed E-state index contributed by atoms with van der Waals surface area (Å²) in [5, 5.41) is 3.89. The van der Waals surface area contributed by atoms with E-state index in [-0.39, 0.29) is 6.04 Å². The van der Waals surface area contributed by atoms with Gasteiger partial charge in [0, 0.05) is 6.42 Å². The van der Waals surface area contributed by atoms with Crippen LogP contribution in [0, 0.1) is 0 Å². The number of nitrogens with two attached hydrogens (primary N) is 1. The highest BCUT2D eigenvalue weighted by Gasteiger charge is 2.15. The maximum absolute atomic E-state index is 6.03. The molecule has 0 aliphatic rings. The lowest BCUT2D eigenvalue weighted by atomic mass is 10.1. The second-order valence-electron chi connectivity index (χ2n) is 3.69. The second kappa shape index (κ2) is 4.90. The first kappa shape index (κ1) is 10.8. The molecule has 0 unspecified atom stereocenters. The molecule has 0 fully saturated rings. The van der Waals surface area contributed by atoms with Crippen LogP contribution in [-0.2, 0) is 6.42 Å². The summed E-state index contributed by atoms with van der Waals surface area (Å²) < 4.78 is 5.15. The molecule has 0 radical (unpaired) electrons. The summed E-state index contributed by atoms with van der Waals surface area (Å²) in [4.78, 5) is 4.27. The number of aromatic nitrogens is 2. The van der Waals surface area contributed by atoms with Gasteiger partial charge in [0.25, 0.3) is 0 Å². The van der Waals surface area contributed by atoms with Gasteiger partial charge >= 0.3 is 0 Å². The van der Waals surface area contributed by atoms with Crippen LogP contribution in [0.25, 0.3) is 0 Å². The molecule has 1 atom stereocenters. The van der Waals surface area contributed by atoms with E-state index in [1.54, 1.807) is 0 Å².